The van der Waals surface area contributed by atoms with Crippen molar-refractivity contribution in [1.29, 1.82) is 0 Å². The molecule has 2 rings (SSSR count). The fraction of sp³-hybridized carbons (Fsp3) is 0.429. The lowest BCUT2D eigenvalue weighted by atomic mass is 9.89. The van der Waals surface area contributed by atoms with Crippen molar-refractivity contribution in [3.05, 3.63) is 29.8 Å². The van der Waals surface area contributed by atoms with Crippen LogP contribution in [0.4, 0.5) is 0 Å². The first kappa shape index (κ1) is 13.4. The first-order valence-electron chi connectivity index (χ1n) is 6.28. The van der Waals surface area contributed by atoms with Gasteiger partial charge in [-0.25, -0.2) is 4.79 Å². The number of benzene rings is 1. The van der Waals surface area contributed by atoms with Crippen molar-refractivity contribution >= 4 is 11.9 Å². The highest BCUT2D eigenvalue weighted by molar-refractivity contribution is 6.31. The first-order valence-corrected chi connectivity index (χ1v) is 6.28. The molecule has 0 atom stereocenters. The molecular formula is C14H17NO4. The number of ether oxygens (including phenoxy) is 1. The van der Waals surface area contributed by atoms with Crippen LogP contribution >= 0.6 is 0 Å². The Labute approximate surface area is 111 Å². The number of carboxylic acid groups (broad SMARTS) is 1. The highest BCUT2D eigenvalue weighted by atomic mass is 16.5. The number of hydrogen-bond acceptors (Lipinski definition) is 3. The molecule has 5 nitrogen and oxygen atoms in total. The quantitative estimate of drug-likeness (QED) is 0.821. The van der Waals surface area contributed by atoms with Crippen molar-refractivity contribution in [2.75, 3.05) is 20.2 Å². The van der Waals surface area contributed by atoms with Gasteiger partial charge in [-0.2, -0.15) is 0 Å². The average molecular weight is 263 g/mol. The number of carbonyl (C=O) groups excluding carboxylic acids is 1. The molecule has 19 heavy (non-hydrogen) atoms. The second-order valence-electron chi connectivity index (χ2n) is 4.61. The third kappa shape index (κ3) is 2.86. The molecule has 5 heteroatoms. The summed E-state index contributed by atoms with van der Waals surface area (Å²) < 4.78 is 5.34. The van der Waals surface area contributed by atoms with Crippen LogP contribution in [-0.4, -0.2) is 42.1 Å². The predicted molar refractivity (Wildman–Crippen MR) is 69.2 cm³/mol. The molecule has 1 aromatic carbocycles. The number of carboxylic acids is 1. The largest absolute Gasteiger partial charge is 0.496 e. The van der Waals surface area contributed by atoms with Gasteiger partial charge in [-0.15, -0.1) is 0 Å². The van der Waals surface area contributed by atoms with E-state index in [0.717, 1.165) is 24.2 Å². The Bertz CT molecular complexity index is 478. The second kappa shape index (κ2) is 5.73. The van der Waals surface area contributed by atoms with Crippen molar-refractivity contribution in [2.24, 2.45) is 0 Å². The van der Waals surface area contributed by atoms with E-state index in [1.165, 1.54) is 4.90 Å². The van der Waals surface area contributed by atoms with Crippen LogP contribution in [0.3, 0.4) is 0 Å². The number of para-hydroxylation sites is 1. The topological polar surface area (TPSA) is 66.8 Å². The zero-order valence-electron chi connectivity index (χ0n) is 10.8. The summed E-state index contributed by atoms with van der Waals surface area (Å²) in [4.78, 5) is 23.4. The molecule has 1 aliphatic rings. The molecule has 1 aliphatic heterocycles. The maximum absolute atomic E-state index is 11.4. The molecule has 0 aromatic heterocycles. The molecule has 1 aromatic rings. The highest BCUT2D eigenvalue weighted by Crippen LogP contribution is 2.33. The Morgan fingerprint density at radius 3 is 2.47 bits per heavy atom. The van der Waals surface area contributed by atoms with Crippen molar-refractivity contribution in [2.45, 2.75) is 18.8 Å². The molecule has 0 radical (unpaired) electrons. The van der Waals surface area contributed by atoms with Gasteiger partial charge in [0.2, 0.25) is 0 Å². The lowest BCUT2D eigenvalue weighted by Crippen LogP contribution is -2.41. The second-order valence-corrected chi connectivity index (χ2v) is 4.61. The number of nitrogens with zero attached hydrogens (tertiary/aromatic N) is 1. The predicted octanol–water partition coefficient (Wildman–Crippen LogP) is 1.49. The van der Waals surface area contributed by atoms with Crippen LogP contribution in [0.5, 0.6) is 5.75 Å². The molecule has 1 heterocycles. The lowest BCUT2D eigenvalue weighted by molar-refractivity contribution is -0.156. The van der Waals surface area contributed by atoms with Gasteiger partial charge in [0.1, 0.15) is 5.75 Å². The van der Waals surface area contributed by atoms with Gasteiger partial charge in [0.15, 0.2) is 0 Å². The normalized spacial score (nSPS) is 16.2. The minimum atomic E-state index is -1.38. The smallest absolute Gasteiger partial charge is 0.394 e. The van der Waals surface area contributed by atoms with E-state index in [-0.39, 0.29) is 0 Å². The summed E-state index contributed by atoms with van der Waals surface area (Å²) in [6.45, 7) is 0.960. The zero-order valence-corrected chi connectivity index (χ0v) is 10.8. The van der Waals surface area contributed by atoms with Gasteiger partial charge >= 0.3 is 11.9 Å². The summed E-state index contributed by atoms with van der Waals surface area (Å²) in [6, 6.07) is 7.83. The number of aliphatic carboxylic acids is 1. The van der Waals surface area contributed by atoms with Gasteiger partial charge in [0.25, 0.3) is 0 Å². The fourth-order valence-corrected chi connectivity index (χ4v) is 2.53. The molecule has 0 bridgehead atoms. The zero-order chi connectivity index (χ0) is 13.8. The van der Waals surface area contributed by atoms with Crippen LogP contribution in [0.1, 0.15) is 24.3 Å². The molecule has 102 valence electrons. The SMILES string of the molecule is COc1ccccc1C1CCN(C(=O)C(=O)O)CC1. The van der Waals surface area contributed by atoms with E-state index >= 15 is 0 Å². The van der Waals surface area contributed by atoms with Gasteiger partial charge in [-0.1, -0.05) is 18.2 Å². The van der Waals surface area contributed by atoms with Gasteiger partial charge in [-0.05, 0) is 30.4 Å². The third-order valence-electron chi connectivity index (χ3n) is 3.54. The standard InChI is InChI=1S/C14H17NO4/c1-19-12-5-3-2-4-11(12)10-6-8-15(9-7-10)13(16)14(17)18/h2-5,10H,6-9H2,1H3,(H,17,18). The molecule has 1 N–H and O–H groups in total. The van der Waals surface area contributed by atoms with E-state index in [9.17, 15) is 9.59 Å². The van der Waals surface area contributed by atoms with Crippen LogP contribution in [-0.2, 0) is 9.59 Å². The average Bonchev–Trinajstić information content (AvgIpc) is 2.46. The minimum absolute atomic E-state index is 0.314. The first-order chi connectivity index (χ1) is 9.13. The van der Waals surface area contributed by atoms with E-state index < -0.39 is 11.9 Å². The van der Waals surface area contributed by atoms with Crippen LogP contribution in [0, 0.1) is 0 Å². The van der Waals surface area contributed by atoms with Crippen molar-refractivity contribution in [3.8, 4) is 5.75 Å². The van der Waals surface area contributed by atoms with E-state index in [1.54, 1.807) is 7.11 Å². The Morgan fingerprint density at radius 2 is 1.89 bits per heavy atom. The van der Waals surface area contributed by atoms with Crippen molar-refractivity contribution < 1.29 is 19.4 Å². The number of hydrogen-bond donors (Lipinski definition) is 1. The Hall–Kier alpha value is -2.04. The Kier molecular flexibility index (Phi) is 4.04. The number of rotatable bonds is 2. The third-order valence-corrected chi connectivity index (χ3v) is 3.54. The number of methoxy groups -OCH3 is 1. The Morgan fingerprint density at radius 1 is 1.26 bits per heavy atom. The van der Waals surface area contributed by atoms with Crippen molar-refractivity contribution in [3.63, 3.8) is 0 Å². The summed E-state index contributed by atoms with van der Waals surface area (Å²) >= 11 is 0. The number of piperidine rings is 1. The summed E-state index contributed by atoms with van der Waals surface area (Å²) in [5.74, 6) is -1.02. The van der Waals surface area contributed by atoms with Gasteiger partial charge < -0.3 is 14.7 Å². The molecule has 1 saturated heterocycles. The highest BCUT2D eigenvalue weighted by Gasteiger charge is 2.28. The number of carbonyl (C=O) groups is 2. The van der Waals surface area contributed by atoms with E-state index in [2.05, 4.69) is 0 Å². The number of amides is 1. The number of likely N-dealkylation sites (tertiary alicyclic amines) is 1. The maximum Gasteiger partial charge on any atom is 0.394 e. The maximum atomic E-state index is 11.4. The summed E-state index contributed by atoms with van der Waals surface area (Å²) in [6.07, 6.45) is 1.53. The van der Waals surface area contributed by atoms with Gasteiger partial charge in [-0.3, -0.25) is 4.79 Å². The molecule has 1 fully saturated rings. The van der Waals surface area contributed by atoms with Crippen LogP contribution in [0.25, 0.3) is 0 Å². The Balaban J connectivity index is 2.04. The summed E-state index contributed by atoms with van der Waals surface area (Å²) in [7, 11) is 1.64. The summed E-state index contributed by atoms with van der Waals surface area (Å²) in [5, 5.41) is 8.69. The van der Waals surface area contributed by atoms with Crippen LogP contribution < -0.4 is 4.74 Å². The molecule has 1 amide bonds. The molecule has 0 saturated carbocycles. The molecular weight excluding hydrogens is 246 g/mol. The summed E-state index contributed by atoms with van der Waals surface area (Å²) in [5.41, 5.74) is 1.13. The fourth-order valence-electron chi connectivity index (χ4n) is 2.53. The van der Waals surface area contributed by atoms with Gasteiger partial charge in [0, 0.05) is 13.1 Å². The van der Waals surface area contributed by atoms with Crippen LogP contribution in [0.2, 0.25) is 0 Å². The van der Waals surface area contributed by atoms with E-state index in [4.69, 9.17) is 9.84 Å². The molecule has 0 aliphatic carbocycles. The monoisotopic (exact) mass is 263 g/mol. The lowest BCUT2D eigenvalue weighted by Gasteiger charge is -2.31. The van der Waals surface area contributed by atoms with E-state index in [1.807, 2.05) is 24.3 Å². The molecule has 0 unspecified atom stereocenters. The van der Waals surface area contributed by atoms with Crippen molar-refractivity contribution in [1.82, 2.24) is 4.90 Å². The molecule has 0 spiro atoms. The minimum Gasteiger partial charge on any atom is -0.496 e. The van der Waals surface area contributed by atoms with E-state index in [0.29, 0.717) is 19.0 Å². The van der Waals surface area contributed by atoms with Crippen LogP contribution in [0.15, 0.2) is 24.3 Å². The van der Waals surface area contributed by atoms with Gasteiger partial charge in [0.05, 0.1) is 7.11 Å².